The van der Waals surface area contributed by atoms with Crippen molar-refractivity contribution in [1.82, 2.24) is 14.8 Å². The Morgan fingerprint density at radius 2 is 2.14 bits per heavy atom. The number of furan rings is 1. The Bertz CT molecular complexity index is 911. The second kappa shape index (κ2) is 8.96. The lowest BCUT2D eigenvalue weighted by Gasteiger charge is -2.25. The van der Waals surface area contributed by atoms with E-state index in [0.29, 0.717) is 11.8 Å². The maximum absolute atomic E-state index is 11.6. The Labute approximate surface area is 172 Å². The normalized spacial score (nSPS) is 15.0. The van der Waals surface area contributed by atoms with Crippen LogP contribution in [0.2, 0.25) is 0 Å². The molecule has 0 atom stereocenters. The smallest absolute Gasteiger partial charge is 0.373 e. The van der Waals surface area contributed by atoms with Crippen LogP contribution in [-0.4, -0.2) is 27.8 Å². The van der Waals surface area contributed by atoms with Gasteiger partial charge >= 0.3 is 5.97 Å². The fraction of sp³-hybridized carbons (Fsp3) is 0.450. The van der Waals surface area contributed by atoms with Crippen molar-refractivity contribution in [3.8, 4) is 0 Å². The zero-order valence-corrected chi connectivity index (χ0v) is 17.4. The molecule has 8 heteroatoms. The van der Waals surface area contributed by atoms with Gasteiger partial charge in [0.1, 0.15) is 11.6 Å². The van der Waals surface area contributed by atoms with Gasteiger partial charge in [-0.25, -0.2) is 4.79 Å². The van der Waals surface area contributed by atoms with Crippen molar-refractivity contribution in [2.45, 2.75) is 55.5 Å². The molecule has 0 saturated heterocycles. The molecule has 1 fully saturated rings. The van der Waals surface area contributed by atoms with Gasteiger partial charge < -0.3 is 13.7 Å². The van der Waals surface area contributed by atoms with Crippen molar-refractivity contribution in [1.29, 1.82) is 0 Å². The molecule has 3 aromatic rings. The van der Waals surface area contributed by atoms with Crippen molar-refractivity contribution < 1.29 is 13.9 Å². The van der Waals surface area contributed by atoms with E-state index in [-0.39, 0.29) is 5.76 Å². The zero-order valence-electron chi connectivity index (χ0n) is 15.8. The van der Waals surface area contributed by atoms with Crippen LogP contribution in [0.4, 0.5) is 0 Å². The number of rotatable bonds is 7. The first-order valence-corrected chi connectivity index (χ1v) is 11.4. The average Bonchev–Trinajstić information content (AvgIpc) is 3.48. The minimum Gasteiger partial charge on any atom is -0.463 e. The maximum Gasteiger partial charge on any atom is 0.373 e. The predicted octanol–water partition coefficient (Wildman–Crippen LogP) is 5.11. The van der Waals surface area contributed by atoms with E-state index in [0.717, 1.165) is 23.2 Å². The third-order valence-electron chi connectivity index (χ3n) is 4.98. The number of nitrogens with zero attached hydrogens (tertiary/aromatic N) is 3. The Morgan fingerprint density at radius 3 is 2.89 bits per heavy atom. The molecule has 0 bridgehead atoms. The maximum atomic E-state index is 11.6. The van der Waals surface area contributed by atoms with E-state index in [4.69, 9.17) is 9.15 Å². The predicted molar refractivity (Wildman–Crippen MR) is 109 cm³/mol. The molecular formula is C20H23N3O3S2. The Hall–Kier alpha value is -2.06. The lowest BCUT2D eigenvalue weighted by Crippen LogP contribution is -2.16. The van der Waals surface area contributed by atoms with Crippen molar-refractivity contribution >= 4 is 29.1 Å². The summed E-state index contributed by atoms with van der Waals surface area (Å²) < 4.78 is 12.6. The lowest BCUT2D eigenvalue weighted by atomic mass is 9.95. The number of ether oxygens (including phenoxy) is 1. The summed E-state index contributed by atoms with van der Waals surface area (Å²) in [5.41, 5.74) is 0. The molecule has 0 spiro atoms. The number of thioether (sulfide) groups is 1. The molecule has 0 aliphatic heterocycles. The highest BCUT2D eigenvalue weighted by Crippen LogP contribution is 2.34. The van der Waals surface area contributed by atoms with Gasteiger partial charge in [-0.3, -0.25) is 0 Å². The van der Waals surface area contributed by atoms with E-state index in [1.807, 2.05) is 6.07 Å². The quantitative estimate of drug-likeness (QED) is 0.393. The van der Waals surface area contributed by atoms with Gasteiger partial charge in [0.25, 0.3) is 0 Å². The topological polar surface area (TPSA) is 70.2 Å². The molecule has 0 N–H and O–H groups in total. The standard InChI is InChI=1S/C20H23N3O3S2/c1-25-19(24)17-10-9-15(26-17)13-28-20-22-21-18(12-16-8-5-11-27-16)23(20)14-6-3-2-4-7-14/h5,8-11,14H,2-4,6-7,12-13H2,1H3. The van der Waals surface area contributed by atoms with Gasteiger partial charge in [0.15, 0.2) is 5.16 Å². The van der Waals surface area contributed by atoms with Crippen LogP contribution < -0.4 is 0 Å². The lowest BCUT2D eigenvalue weighted by molar-refractivity contribution is 0.0563. The van der Waals surface area contributed by atoms with E-state index in [1.165, 1.54) is 44.1 Å². The summed E-state index contributed by atoms with van der Waals surface area (Å²) in [7, 11) is 1.35. The summed E-state index contributed by atoms with van der Waals surface area (Å²) in [6, 6.07) is 8.15. The number of hydrogen-bond acceptors (Lipinski definition) is 7. The molecular weight excluding hydrogens is 394 g/mol. The molecule has 3 heterocycles. The summed E-state index contributed by atoms with van der Waals surface area (Å²) in [6.45, 7) is 0. The first-order valence-electron chi connectivity index (χ1n) is 9.50. The first kappa shape index (κ1) is 19.3. The van der Waals surface area contributed by atoms with Crippen LogP contribution in [0.25, 0.3) is 0 Å². The third-order valence-corrected chi connectivity index (χ3v) is 6.82. The highest BCUT2D eigenvalue weighted by atomic mass is 32.2. The van der Waals surface area contributed by atoms with Crippen LogP contribution in [0.5, 0.6) is 0 Å². The van der Waals surface area contributed by atoms with Crippen molar-refractivity contribution in [3.63, 3.8) is 0 Å². The van der Waals surface area contributed by atoms with Gasteiger partial charge in [-0.05, 0) is 36.4 Å². The molecule has 0 aromatic carbocycles. The number of hydrogen-bond donors (Lipinski definition) is 0. The monoisotopic (exact) mass is 417 g/mol. The molecule has 6 nitrogen and oxygen atoms in total. The van der Waals surface area contributed by atoms with E-state index in [9.17, 15) is 4.79 Å². The summed E-state index contributed by atoms with van der Waals surface area (Å²) in [5.74, 6) is 2.13. The zero-order chi connectivity index (χ0) is 19.3. The summed E-state index contributed by atoms with van der Waals surface area (Å²) in [6.07, 6.45) is 6.99. The minimum atomic E-state index is -0.458. The largest absolute Gasteiger partial charge is 0.463 e. The Balaban J connectivity index is 1.53. The summed E-state index contributed by atoms with van der Waals surface area (Å²) in [4.78, 5) is 12.9. The van der Waals surface area contributed by atoms with Gasteiger partial charge in [-0.1, -0.05) is 37.1 Å². The van der Waals surface area contributed by atoms with Gasteiger partial charge in [0.05, 0.1) is 12.9 Å². The average molecular weight is 418 g/mol. The highest BCUT2D eigenvalue weighted by Gasteiger charge is 2.23. The van der Waals surface area contributed by atoms with Crippen molar-refractivity contribution in [2.24, 2.45) is 0 Å². The minimum absolute atomic E-state index is 0.227. The van der Waals surface area contributed by atoms with Crippen LogP contribution in [0, 0.1) is 0 Å². The molecule has 4 rings (SSSR count). The van der Waals surface area contributed by atoms with Crippen molar-refractivity contribution in [2.75, 3.05) is 7.11 Å². The van der Waals surface area contributed by atoms with Crippen LogP contribution in [0.1, 0.15) is 65.2 Å². The number of methoxy groups -OCH3 is 1. The summed E-state index contributed by atoms with van der Waals surface area (Å²) >= 11 is 3.36. The Kier molecular flexibility index (Phi) is 6.17. The molecule has 3 aromatic heterocycles. The third kappa shape index (κ3) is 4.33. The molecule has 1 aliphatic rings. The summed E-state index contributed by atoms with van der Waals surface area (Å²) in [5, 5.41) is 12.0. The number of thiophene rings is 1. The molecule has 148 valence electrons. The fourth-order valence-corrected chi connectivity index (χ4v) is 5.22. The number of aromatic nitrogens is 3. The molecule has 1 aliphatic carbocycles. The van der Waals surface area contributed by atoms with Crippen LogP contribution in [-0.2, 0) is 16.9 Å². The molecule has 0 amide bonds. The molecule has 1 saturated carbocycles. The van der Waals surface area contributed by atoms with Crippen LogP contribution in [0.15, 0.2) is 39.2 Å². The van der Waals surface area contributed by atoms with Gasteiger partial charge in [0.2, 0.25) is 5.76 Å². The first-order chi connectivity index (χ1) is 13.7. The van der Waals surface area contributed by atoms with E-state index < -0.39 is 5.97 Å². The number of carbonyl (C=O) groups is 1. The second-order valence-electron chi connectivity index (χ2n) is 6.86. The van der Waals surface area contributed by atoms with Crippen LogP contribution in [0.3, 0.4) is 0 Å². The Morgan fingerprint density at radius 1 is 1.29 bits per heavy atom. The number of esters is 1. The fourth-order valence-electron chi connectivity index (χ4n) is 3.60. The number of carbonyl (C=O) groups excluding carboxylic acids is 1. The van der Waals surface area contributed by atoms with E-state index >= 15 is 0 Å². The van der Waals surface area contributed by atoms with Crippen molar-refractivity contribution in [3.05, 3.63) is 51.9 Å². The SMILES string of the molecule is COC(=O)c1ccc(CSc2nnc(Cc3cccs3)n2C2CCCCC2)o1. The molecule has 28 heavy (non-hydrogen) atoms. The van der Waals surface area contributed by atoms with Crippen LogP contribution >= 0.6 is 23.1 Å². The van der Waals surface area contributed by atoms with E-state index in [1.54, 1.807) is 29.2 Å². The molecule has 0 radical (unpaired) electrons. The van der Waals surface area contributed by atoms with Gasteiger partial charge in [-0.15, -0.1) is 21.5 Å². The second-order valence-corrected chi connectivity index (χ2v) is 8.84. The van der Waals surface area contributed by atoms with Gasteiger partial charge in [-0.2, -0.15) is 0 Å². The van der Waals surface area contributed by atoms with Gasteiger partial charge in [0, 0.05) is 17.3 Å². The molecule has 0 unspecified atom stereocenters. The highest BCUT2D eigenvalue weighted by molar-refractivity contribution is 7.98. The van der Waals surface area contributed by atoms with E-state index in [2.05, 4.69) is 32.3 Å².